The maximum atomic E-state index is 4.20. The maximum Gasteiger partial charge on any atom is 0.189 e. The normalized spacial score (nSPS) is 11.1. The highest BCUT2D eigenvalue weighted by Crippen LogP contribution is 2.11. The van der Waals surface area contributed by atoms with Gasteiger partial charge in [0.05, 0.1) is 5.52 Å². The highest BCUT2D eigenvalue weighted by Gasteiger charge is 2.02. The molecule has 62 valence electrons. The van der Waals surface area contributed by atoms with Crippen molar-refractivity contribution < 1.29 is 0 Å². The first-order valence-electron chi connectivity index (χ1n) is 3.84. The number of fused-ring (bicyclic) bond motifs is 3. The minimum atomic E-state index is 0.741. The molecule has 0 bridgehead atoms. The molecule has 0 saturated carbocycles. The summed E-state index contributed by atoms with van der Waals surface area (Å²) in [5, 5.41) is 7.74. The lowest BCUT2D eigenvalue weighted by atomic mass is 10.3. The Morgan fingerprint density at radius 2 is 2.15 bits per heavy atom. The fraction of sp³-hybridized carbons (Fsp3) is 0. The monoisotopic (exact) mass is 171 g/mol. The SMILES string of the molecule is c1cnc2c(c1)ncn1cnnc21. The highest BCUT2D eigenvalue weighted by atomic mass is 15.2. The molecule has 3 aromatic rings. The van der Waals surface area contributed by atoms with Crippen molar-refractivity contribution in [3.8, 4) is 0 Å². The molecule has 0 aliphatic carbocycles. The molecule has 0 fully saturated rings. The van der Waals surface area contributed by atoms with Crippen molar-refractivity contribution in [3.05, 3.63) is 31.0 Å². The summed E-state index contributed by atoms with van der Waals surface area (Å²) in [6, 6.07) is 3.75. The van der Waals surface area contributed by atoms with Gasteiger partial charge >= 0.3 is 0 Å². The summed E-state index contributed by atoms with van der Waals surface area (Å²) in [6.45, 7) is 0. The van der Waals surface area contributed by atoms with E-state index in [1.807, 2.05) is 12.1 Å². The van der Waals surface area contributed by atoms with Crippen LogP contribution in [0.2, 0.25) is 0 Å². The van der Waals surface area contributed by atoms with Gasteiger partial charge in [0, 0.05) is 6.20 Å². The van der Waals surface area contributed by atoms with Gasteiger partial charge in [-0.25, -0.2) is 4.98 Å². The zero-order valence-corrected chi connectivity index (χ0v) is 6.62. The quantitative estimate of drug-likeness (QED) is 0.499. The standard InChI is InChI=1S/C8H5N5/c1-2-6-7(9-3-1)8-12-11-5-13(8)4-10-6/h1-5H. The Hall–Kier alpha value is -2.04. The van der Waals surface area contributed by atoms with Gasteiger partial charge in [-0.05, 0) is 12.1 Å². The molecular formula is C8H5N5. The molecule has 3 heterocycles. The summed E-state index contributed by atoms with van der Waals surface area (Å²) in [5.74, 6) is 0. The van der Waals surface area contributed by atoms with Crippen LogP contribution >= 0.6 is 0 Å². The molecule has 5 heteroatoms. The topological polar surface area (TPSA) is 56.0 Å². The van der Waals surface area contributed by atoms with Gasteiger partial charge in [-0.15, -0.1) is 10.2 Å². The zero-order chi connectivity index (χ0) is 8.67. The molecule has 3 aromatic heterocycles. The van der Waals surface area contributed by atoms with E-state index in [2.05, 4.69) is 20.2 Å². The van der Waals surface area contributed by atoms with Gasteiger partial charge < -0.3 is 0 Å². The van der Waals surface area contributed by atoms with E-state index in [9.17, 15) is 0 Å². The molecule has 13 heavy (non-hydrogen) atoms. The van der Waals surface area contributed by atoms with Crippen LogP contribution < -0.4 is 0 Å². The van der Waals surface area contributed by atoms with Gasteiger partial charge in [-0.2, -0.15) is 0 Å². The third-order valence-corrected chi connectivity index (χ3v) is 1.89. The zero-order valence-electron chi connectivity index (χ0n) is 6.62. The van der Waals surface area contributed by atoms with Gasteiger partial charge in [0.25, 0.3) is 0 Å². The van der Waals surface area contributed by atoms with Crippen LogP contribution in [0.3, 0.4) is 0 Å². The average Bonchev–Trinajstić information content (AvgIpc) is 2.65. The van der Waals surface area contributed by atoms with E-state index in [1.54, 1.807) is 23.3 Å². The summed E-state index contributed by atoms with van der Waals surface area (Å²) in [6.07, 6.45) is 5.01. The van der Waals surface area contributed by atoms with E-state index in [0.717, 1.165) is 16.7 Å². The lowest BCUT2D eigenvalue weighted by Crippen LogP contribution is -1.90. The van der Waals surface area contributed by atoms with E-state index in [1.165, 1.54) is 0 Å². The number of pyridine rings is 1. The Kier molecular flexibility index (Phi) is 1.11. The van der Waals surface area contributed by atoms with Crippen LogP contribution in [-0.4, -0.2) is 24.6 Å². The van der Waals surface area contributed by atoms with Crippen molar-refractivity contribution in [2.45, 2.75) is 0 Å². The molecule has 0 radical (unpaired) electrons. The number of hydrogen-bond acceptors (Lipinski definition) is 4. The Balaban J connectivity index is 2.65. The van der Waals surface area contributed by atoms with Crippen LogP contribution in [0.5, 0.6) is 0 Å². The minimum absolute atomic E-state index is 0.741. The minimum Gasteiger partial charge on any atom is -0.270 e. The Morgan fingerprint density at radius 3 is 3.15 bits per heavy atom. The Bertz CT molecular complexity index is 571. The van der Waals surface area contributed by atoms with Gasteiger partial charge in [0.2, 0.25) is 0 Å². The van der Waals surface area contributed by atoms with E-state index < -0.39 is 0 Å². The van der Waals surface area contributed by atoms with Gasteiger partial charge in [-0.1, -0.05) is 0 Å². The molecule has 0 aliphatic rings. The van der Waals surface area contributed by atoms with Gasteiger partial charge in [0.1, 0.15) is 18.2 Å². The van der Waals surface area contributed by atoms with Crippen molar-refractivity contribution >= 4 is 16.7 Å². The molecular weight excluding hydrogens is 166 g/mol. The van der Waals surface area contributed by atoms with E-state index in [4.69, 9.17) is 0 Å². The number of aromatic nitrogens is 5. The van der Waals surface area contributed by atoms with Crippen LogP contribution in [-0.2, 0) is 0 Å². The molecule has 5 nitrogen and oxygen atoms in total. The van der Waals surface area contributed by atoms with Crippen molar-refractivity contribution in [3.63, 3.8) is 0 Å². The molecule has 0 spiro atoms. The predicted octanol–water partition coefficient (Wildman–Crippen LogP) is 0.672. The Labute approximate surface area is 73.1 Å². The molecule has 0 N–H and O–H groups in total. The summed E-state index contributed by atoms with van der Waals surface area (Å²) in [5.41, 5.74) is 2.36. The van der Waals surface area contributed by atoms with E-state index in [0.29, 0.717) is 0 Å². The fourth-order valence-electron chi connectivity index (χ4n) is 1.29. The van der Waals surface area contributed by atoms with E-state index in [-0.39, 0.29) is 0 Å². The van der Waals surface area contributed by atoms with Crippen LogP contribution in [0.15, 0.2) is 31.0 Å². The second kappa shape index (κ2) is 2.22. The average molecular weight is 171 g/mol. The lowest BCUT2D eigenvalue weighted by molar-refractivity contribution is 1.08. The largest absolute Gasteiger partial charge is 0.270 e. The van der Waals surface area contributed by atoms with Crippen molar-refractivity contribution in [2.24, 2.45) is 0 Å². The number of hydrogen-bond donors (Lipinski definition) is 0. The third kappa shape index (κ3) is 0.807. The lowest BCUT2D eigenvalue weighted by Gasteiger charge is -1.95. The molecule has 0 amide bonds. The summed E-state index contributed by atoms with van der Waals surface area (Å²) in [4.78, 5) is 8.40. The van der Waals surface area contributed by atoms with Gasteiger partial charge in [-0.3, -0.25) is 9.38 Å². The smallest absolute Gasteiger partial charge is 0.189 e. The Morgan fingerprint density at radius 1 is 1.15 bits per heavy atom. The highest BCUT2D eigenvalue weighted by molar-refractivity contribution is 5.86. The van der Waals surface area contributed by atoms with Crippen LogP contribution in [0.25, 0.3) is 16.7 Å². The third-order valence-electron chi connectivity index (χ3n) is 1.89. The molecule has 0 saturated heterocycles. The first-order valence-corrected chi connectivity index (χ1v) is 3.84. The number of nitrogens with zero attached hydrogens (tertiary/aromatic N) is 5. The summed E-state index contributed by atoms with van der Waals surface area (Å²) in [7, 11) is 0. The first-order chi connectivity index (χ1) is 6.45. The molecule has 3 rings (SSSR count). The molecule has 0 aromatic carbocycles. The predicted molar refractivity (Wildman–Crippen MR) is 46.1 cm³/mol. The van der Waals surface area contributed by atoms with Gasteiger partial charge in [0.15, 0.2) is 5.65 Å². The van der Waals surface area contributed by atoms with Crippen LogP contribution in [0, 0.1) is 0 Å². The van der Waals surface area contributed by atoms with Crippen LogP contribution in [0.1, 0.15) is 0 Å². The fourth-order valence-corrected chi connectivity index (χ4v) is 1.29. The van der Waals surface area contributed by atoms with Crippen LogP contribution in [0.4, 0.5) is 0 Å². The molecule has 0 unspecified atom stereocenters. The summed E-state index contributed by atoms with van der Waals surface area (Å²) < 4.78 is 1.75. The second-order valence-corrected chi connectivity index (χ2v) is 2.68. The van der Waals surface area contributed by atoms with Crippen molar-refractivity contribution in [1.82, 2.24) is 24.6 Å². The van der Waals surface area contributed by atoms with E-state index >= 15 is 0 Å². The maximum absolute atomic E-state index is 4.20. The van der Waals surface area contributed by atoms with Crippen molar-refractivity contribution in [2.75, 3.05) is 0 Å². The van der Waals surface area contributed by atoms with Crippen molar-refractivity contribution in [1.29, 1.82) is 0 Å². The molecule has 0 aliphatic heterocycles. The molecule has 0 atom stereocenters. The summed E-state index contributed by atoms with van der Waals surface area (Å²) >= 11 is 0. The first kappa shape index (κ1) is 6.47. The second-order valence-electron chi connectivity index (χ2n) is 2.68. The number of rotatable bonds is 0.